The molecule has 190 valence electrons. The van der Waals surface area contributed by atoms with E-state index in [9.17, 15) is 4.79 Å². The molecule has 0 unspecified atom stereocenters. The second-order valence-corrected chi connectivity index (χ2v) is 8.72. The van der Waals surface area contributed by atoms with E-state index in [-0.39, 0.29) is 11.7 Å². The van der Waals surface area contributed by atoms with Crippen LogP contribution in [0.2, 0.25) is 0 Å². The van der Waals surface area contributed by atoms with E-state index < -0.39 is 0 Å². The average molecular weight is 518 g/mol. The number of nitrogens with one attached hydrogen (secondary N) is 1. The third-order valence-corrected chi connectivity index (χ3v) is 6.37. The van der Waals surface area contributed by atoms with E-state index in [1.165, 1.54) is 11.8 Å². The fourth-order valence-electron chi connectivity index (χ4n) is 3.62. The van der Waals surface area contributed by atoms with Crippen LogP contribution in [0.25, 0.3) is 17.1 Å². The molecule has 1 amide bonds. The molecule has 1 aromatic heterocycles. The summed E-state index contributed by atoms with van der Waals surface area (Å²) < 4.78 is 18.4. The van der Waals surface area contributed by atoms with Crippen molar-refractivity contribution in [3.8, 4) is 34.3 Å². The monoisotopic (exact) mass is 517 g/mol. The van der Waals surface area contributed by atoms with Crippen molar-refractivity contribution in [3.63, 3.8) is 0 Å². The molecule has 0 aliphatic heterocycles. The zero-order chi connectivity index (χ0) is 26.2. The Morgan fingerprint density at radius 2 is 1.54 bits per heavy atom. The summed E-state index contributed by atoms with van der Waals surface area (Å²) >= 11 is 1.26. The van der Waals surface area contributed by atoms with Crippen molar-refractivity contribution in [2.24, 2.45) is 5.10 Å². The summed E-state index contributed by atoms with van der Waals surface area (Å²) in [6.07, 6.45) is 0. The summed E-state index contributed by atoms with van der Waals surface area (Å²) in [5.41, 5.74) is 5.83. The number of carbonyl (C=O) groups is 1. The Labute approximate surface area is 219 Å². The summed E-state index contributed by atoms with van der Waals surface area (Å²) in [4.78, 5) is 12.6. The Morgan fingerprint density at radius 3 is 2.14 bits per heavy atom. The molecule has 0 bridgehead atoms. The van der Waals surface area contributed by atoms with Crippen molar-refractivity contribution in [2.75, 3.05) is 27.1 Å². The molecule has 0 atom stereocenters. The molecular weight excluding hydrogens is 490 g/mol. The highest BCUT2D eigenvalue weighted by molar-refractivity contribution is 7.99. The van der Waals surface area contributed by atoms with Crippen molar-refractivity contribution in [2.45, 2.75) is 12.1 Å². The van der Waals surface area contributed by atoms with Crippen LogP contribution in [0.3, 0.4) is 0 Å². The van der Waals surface area contributed by atoms with Gasteiger partial charge in [-0.1, -0.05) is 60.3 Å². The van der Waals surface area contributed by atoms with Crippen LogP contribution in [0.15, 0.2) is 83.1 Å². The van der Waals surface area contributed by atoms with Gasteiger partial charge in [0, 0.05) is 11.3 Å². The molecule has 10 heteroatoms. The molecule has 4 aromatic rings. The Hall–Kier alpha value is -4.31. The van der Waals surface area contributed by atoms with Crippen molar-refractivity contribution in [3.05, 3.63) is 78.4 Å². The van der Waals surface area contributed by atoms with E-state index in [4.69, 9.17) is 14.2 Å². The molecule has 3 aromatic carbocycles. The quantitative estimate of drug-likeness (QED) is 0.187. The number of ether oxygens (including phenoxy) is 3. The highest BCUT2D eigenvalue weighted by atomic mass is 32.2. The van der Waals surface area contributed by atoms with E-state index >= 15 is 0 Å². The van der Waals surface area contributed by atoms with E-state index in [0.717, 1.165) is 17.0 Å². The van der Waals surface area contributed by atoms with Gasteiger partial charge in [0.15, 0.2) is 22.5 Å². The van der Waals surface area contributed by atoms with E-state index in [0.29, 0.717) is 33.8 Å². The summed E-state index contributed by atoms with van der Waals surface area (Å²) in [6, 6.07) is 23.0. The van der Waals surface area contributed by atoms with Gasteiger partial charge in [0.05, 0.1) is 32.8 Å². The summed E-state index contributed by atoms with van der Waals surface area (Å²) in [6.45, 7) is 1.85. The number of rotatable bonds is 10. The number of aromatic nitrogens is 3. The fraction of sp³-hybridized carbons (Fsp3) is 0.185. The van der Waals surface area contributed by atoms with Gasteiger partial charge in [-0.2, -0.15) is 5.10 Å². The third kappa shape index (κ3) is 5.92. The topological polar surface area (TPSA) is 99.9 Å². The van der Waals surface area contributed by atoms with Gasteiger partial charge in [-0.3, -0.25) is 9.36 Å². The molecule has 0 aliphatic carbocycles. The molecule has 4 rings (SSSR count). The number of amides is 1. The number of hydrazone groups is 1. The van der Waals surface area contributed by atoms with Gasteiger partial charge in [-0.25, -0.2) is 5.43 Å². The lowest BCUT2D eigenvalue weighted by atomic mass is 10.1. The molecule has 9 nitrogen and oxygen atoms in total. The Morgan fingerprint density at radius 1 is 0.919 bits per heavy atom. The fourth-order valence-corrected chi connectivity index (χ4v) is 4.37. The van der Waals surface area contributed by atoms with Gasteiger partial charge in [-0.15, -0.1) is 10.2 Å². The summed E-state index contributed by atoms with van der Waals surface area (Å²) in [5, 5.41) is 13.6. The highest BCUT2D eigenvalue weighted by Crippen LogP contribution is 2.41. The van der Waals surface area contributed by atoms with Crippen LogP contribution in [0.1, 0.15) is 12.5 Å². The summed E-state index contributed by atoms with van der Waals surface area (Å²) in [7, 11) is 4.67. The molecule has 0 spiro atoms. The Bertz CT molecular complexity index is 1370. The van der Waals surface area contributed by atoms with Gasteiger partial charge in [-0.05, 0) is 36.8 Å². The number of hydrogen-bond donors (Lipinski definition) is 1. The minimum atomic E-state index is -0.253. The van der Waals surface area contributed by atoms with Crippen LogP contribution in [-0.2, 0) is 4.79 Å². The molecule has 0 radical (unpaired) electrons. The zero-order valence-corrected chi connectivity index (χ0v) is 21.8. The molecule has 0 fully saturated rings. The molecule has 0 saturated carbocycles. The minimum Gasteiger partial charge on any atom is -0.493 e. The predicted molar refractivity (Wildman–Crippen MR) is 144 cm³/mol. The number of para-hydroxylation sites is 1. The van der Waals surface area contributed by atoms with E-state index in [1.54, 1.807) is 21.3 Å². The van der Waals surface area contributed by atoms with Crippen LogP contribution in [0, 0.1) is 0 Å². The SMILES string of the molecule is COc1cc(-c2nnc(SCC(=O)N/N=C(\C)c3ccccc3)n2-c2ccccc2)cc(OC)c1OC. The van der Waals surface area contributed by atoms with Crippen molar-refractivity contribution in [1.82, 2.24) is 20.2 Å². The van der Waals surface area contributed by atoms with Crippen LogP contribution >= 0.6 is 11.8 Å². The van der Waals surface area contributed by atoms with E-state index in [1.807, 2.05) is 84.3 Å². The first-order chi connectivity index (χ1) is 18.0. The normalized spacial score (nSPS) is 11.2. The molecule has 1 heterocycles. The maximum atomic E-state index is 12.6. The maximum absolute atomic E-state index is 12.6. The van der Waals surface area contributed by atoms with Crippen molar-refractivity contribution >= 4 is 23.4 Å². The Balaban J connectivity index is 1.62. The van der Waals surface area contributed by atoms with Gasteiger partial charge in [0.2, 0.25) is 5.75 Å². The number of methoxy groups -OCH3 is 3. The number of nitrogens with zero attached hydrogens (tertiary/aromatic N) is 4. The second kappa shape index (κ2) is 12.1. The molecule has 37 heavy (non-hydrogen) atoms. The number of thioether (sulfide) groups is 1. The third-order valence-electron chi connectivity index (χ3n) is 5.44. The largest absolute Gasteiger partial charge is 0.493 e. The van der Waals surface area contributed by atoms with Crippen molar-refractivity contribution < 1.29 is 19.0 Å². The lowest BCUT2D eigenvalue weighted by Crippen LogP contribution is -2.21. The van der Waals surface area contributed by atoms with Gasteiger partial charge >= 0.3 is 0 Å². The zero-order valence-electron chi connectivity index (χ0n) is 21.0. The predicted octanol–water partition coefficient (Wildman–Crippen LogP) is 4.59. The number of hydrogen-bond acceptors (Lipinski definition) is 8. The second-order valence-electron chi connectivity index (χ2n) is 7.78. The molecule has 0 saturated heterocycles. The van der Waals surface area contributed by atoms with Gasteiger partial charge in [0.25, 0.3) is 5.91 Å². The van der Waals surface area contributed by atoms with E-state index in [2.05, 4.69) is 20.7 Å². The lowest BCUT2D eigenvalue weighted by Gasteiger charge is -2.15. The molecule has 0 aliphatic rings. The van der Waals surface area contributed by atoms with Crippen molar-refractivity contribution in [1.29, 1.82) is 0 Å². The summed E-state index contributed by atoms with van der Waals surface area (Å²) in [5.74, 6) is 1.89. The smallest absolute Gasteiger partial charge is 0.250 e. The van der Waals surface area contributed by atoms with Crippen LogP contribution in [0.4, 0.5) is 0 Å². The maximum Gasteiger partial charge on any atom is 0.250 e. The number of benzene rings is 3. The first-order valence-electron chi connectivity index (χ1n) is 11.4. The van der Waals surface area contributed by atoms with Gasteiger partial charge < -0.3 is 14.2 Å². The van der Waals surface area contributed by atoms with Gasteiger partial charge in [0.1, 0.15) is 0 Å². The Kier molecular flexibility index (Phi) is 8.42. The first-order valence-corrected chi connectivity index (χ1v) is 12.4. The van der Waals surface area contributed by atoms with Crippen LogP contribution < -0.4 is 19.6 Å². The standard InChI is InChI=1S/C27H27N5O4S/c1-18(19-11-7-5-8-12-19)28-29-24(33)17-37-27-31-30-26(32(27)21-13-9-6-10-14-21)20-15-22(34-2)25(36-4)23(16-20)35-3/h5-16H,17H2,1-4H3,(H,29,33)/b28-18+. The average Bonchev–Trinajstić information content (AvgIpc) is 3.38. The molecule has 1 N–H and O–H groups in total. The van der Waals surface area contributed by atoms with Crippen LogP contribution in [0.5, 0.6) is 17.2 Å². The lowest BCUT2D eigenvalue weighted by molar-refractivity contribution is -0.118. The van der Waals surface area contributed by atoms with Crippen LogP contribution in [-0.4, -0.2) is 53.5 Å². The molecular formula is C27H27N5O4S. The minimum absolute atomic E-state index is 0.103. The highest BCUT2D eigenvalue weighted by Gasteiger charge is 2.21. The number of carbonyl (C=O) groups excluding carboxylic acids is 1. The first kappa shape index (κ1) is 25.8.